The Balaban J connectivity index is 1.53. The summed E-state index contributed by atoms with van der Waals surface area (Å²) < 4.78 is 11.7. The predicted molar refractivity (Wildman–Crippen MR) is 130 cm³/mol. The first-order valence-electron chi connectivity index (χ1n) is 10.0. The molecule has 31 heavy (non-hydrogen) atoms. The molecular formula is C26H23Cl2NO2. The number of rotatable bonds is 7. The molecule has 0 aliphatic heterocycles. The maximum atomic E-state index is 6.58. The quantitative estimate of drug-likeness (QED) is 0.312. The molecule has 4 aromatic rings. The van der Waals surface area contributed by atoms with Crippen LogP contribution in [-0.2, 0) is 13.2 Å². The van der Waals surface area contributed by atoms with Crippen LogP contribution in [0, 0.1) is 6.92 Å². The van der Waals surface area contributed by atoms with E-state index in [1.54, 1.807) is 7.11 Å². The van der Waals surface area contributed by atoms with Gasteiger partial charge < -0.3 is 14.8 Å². The molecule has 1 N–H and O–H groups in total. The highest BCUT2D eigenvalue weighted by Crippen LogP contribution is 2.37. The number of ether oxygens (including phenoxy) is 2. The molecule has 0 bridgehead atoms. The highest BCUT2D eigenvalue weighted by molar-refractivity contribution is 6.32. The molecule has 0 aliphatic rings. The molecule has 0 saturated carbocycles. The van der Waals surface area contributed by atoms with Crippen LogP contribution in [0.5, 0.6) is 11.5 Å². The summed E-state index contributed by atoms with van der Waals surface area (Å²) in [5.41, 5.74) is 4.19. The van der Waals surface area contributed by atoms with Crippen molar-refractivity contribution in [3.05, 3.63) is 99.5 Å². The predicted octanol–water partition coefficient (Wildman–Crippen LogP) is 7.65. The first-order valence-corrected chi connectivity index (χ1v) is 10.8. The smallest absolute Gasteiger partial charge is 0.180 e. The van der Waals surface area contributed by atoms with E-state index in [1.165, 1.54) is 5.39 Å². The molecule has 0 spiro atoms. The number of aryl methyl sites for hydroxylation is 1. The first-order chi connectivity index (χ1) is 15.0. The monoisotopic (exact) mass is 451 g/mol. The molecule has 4 rings (SSSR count). The number of fused-ring (bicyclic) bond motifs is 1. The summed E-state index contributed by atoms with van der Waals surface area (Å²) in [6, 6.07) is 24.1. The third kappa shape index (κ3) is 4.90. The molecule has 158 valence electrons. The van der Waals surface area contributed by atoms with Crippen molar-refractivity contribution >= 4 is 39.7 Å². The molecule has 0 fully saturated rings. The van der Waals surface area contributed by atoms with Crippen LogP contribution < -0.4 is 14.8 Å². The van der Waals surface area contributed by atoms with Crippen molar-refractivity contribution in [1.29, 1.82) is 0 Å². The van der Waals surface area contributed by atoms with Crippen molar-refractivity contribution < 1.29 is 9.47 Å². The van der Waals surface area contributed by atoms with Gasteiger partial charge in [0, 0.05) is 17.3 Å². The molecule has 0 atom stereocenters. The van der Waals surface area contributed by atoms with E-state index in [9.17, 15) is 0 Å². The lowest BCUT2D eigenvalue weighted by molar-refractivity contribution is 0.285. The van der Waals surface area contributed by atoms with Crippen molar-refractivity contribution in [2.24, 2.45) is 0 Å². The van der Waals surface area contributed by atoms with Gasteiger partial charge in [0.25, 0.3) is 0 Å². The van der Waals surface area contributed by atoms with E-state index in [0.717, 1.165) is 27.8 Å². The van der Waals surface area contributed by atoms with Crippen molar-refractivity contribution in [2.75, 3.05) is 12.4 Å². The molecule has 0 aromatic heterocycles. The van der Waals surface area contributed by atoms with Crippen LogP contribution in [0.1, 0.15) is 16.7 Å². The van der Waals surface area contributed by atoms with Crippen LogP contribution >= 0.6 is 23.2 Å². The van der Waals surface area contributed by atoms with E-state index < -0.39 is 0 Å². The van der Waals surface area contributed by atoms with Crippen LogP contribution in [0.2, 0.25) is 10.0 Å². The molecule has 0 unspecified atom stereocenters. The normalized spacial score (nSPS) is 10.8. The second kappa shape index (κ2) is 9.51. The summed E-state index contributed by atoms with van der Waals surface area (Å²) in [7, 11) is 1.62. The van der Waals surface area contributed by atoms with Gasteiger partial charge >= 0.3 is 0 Å². The number of hydrogen-bond donors (Lipinski definition) is 1. The molecule has 0 aliphatic carbocycles. The summed E-state index contributed by atoms with van der Waals surface area (Å²) in [6.45, 7) is 3.02. The van der Waals surface area contributed by atoms with Crippen LogP contribution in [0.4, 0.5) is 5.69 Å². The minimum absolute atomic E-state index is 0.400. The third-order valence-electron chi connectivity index (χ3n) is 5.22. The lowest BCUT2D eigenvalue weighted by Gasteiger charge is -2.16. The van der Waals surface area contributed by atoms with Crippen LogP contribution in [0.15, 0.2) is 72.8 Å². The minimum Gasteiger partial charge on any atom is -0.493 e. The minimum atomic E-state index is 0.400. The fourth-order valence-corrected chi connectivity index (χ4v) is 4.03. The van der Waals surface area contributed by atoms with Crippen LogP contribution in [0.3, 0.4) is 0 Å². The highest BCUT2D eigenvalue weighted by Gasteiger charge is 2.13. The van der Waals surface area contributed by atoms with Gasteiger partial charge in [-0.3, -0.25) is 0 Å². The Morgan fingerprint density at radius 3 is 2.55 bits per heavy atom. The van der Waals surface area contributed by atoms with Crippen LogP contribution in [-0.4, -0.2) is 7.11 Å². The molecular weight excluding hydrogens is 429 g/mol. The zero-order chi connectivity index (χ0) is 21.8. The van der Waals surface area contributed by atoms with Gasteiger partial charge in [-0.1, -0.05) is 71.7 Å². The zero-order valence-electron chi connectivity index (χ0n) is 17.4. The maximum absolute atomic E-state index is 6.58. The van der Waals surface area contributed by atoms with Gasteiger partial charge in [-0.2, -0.15) is 0 Å². The van der Waals surface area contributed by atoms with E-state index in [2.05, 4.69) is 29.6 Å². The van der Waals surface area contributed by atoms with Crippen molar-refractivity contribution in [3.8, 4) is 11.5 Å². The Labute approximate surface area is 192 Å². The number of nitrogens with one attached hydrogen (secondary N) is 1. The van der Waals surface area contributed by atoms with Gasteiger partial charge in [-0.05, 0) is 58.7 Å². The van der Waals surface area contributed by atoms with Gasteiger partial charge in [-0.15, -0.1) is 0 Å². The first kappa shape index (κ1) is 21.4. The Morgan fingerprint density at radius 2 is 1.71 bits per heavy atom. The second-order valence-corrected chi connectivity index (χ2v) is 8.19. The van der Waals surface area contributed by atoms with Crippen LogP contribution in [0.25, 0.3) is 10.8 Å². The van der Waals surface area contributed by atoms with Crippen molar-refractivity contribution in [1.82, 2.24) is 0 Å². The fourth-order valence-electron chi connectivity index (χ4n) is 3.57. The number of methoxy groups -OCH3 is 1. The Morgan fingerprint density at radius 1 is 0.903 bits per heavy atom. The average molecular weight is 452 g/mol. The molecule has 0 heterocycles. The summed E-state index contributed by atoms with van der Waals surface area (Å²) in [4.78, 5) is 0. The Kier molecular flexibility index (Phi) is 6.55. The highest BCUT2D eigenvalue weighted by atomic mass is 35.5. The molecule has 0 radical (unpaired) electrons. The second-order valence-electron chi connectivity index (χ2n) is 7.35. The average Bonchev–Trinajstić information content (AvgIpc) is 2.78. The van der Waals surface area contributed by atoms with E-state index >= 15 is 0 Å². The number of anilines is 1. The summed E-state index contributed by atoms with van der Waals surface area (Å²) in [5.74, 6) is 1.15. The SMILES string of the molecule is COc1cc(CNc2cc(Cl)ccc2C)cc(Cl)c1OCc1cccc2ccccc12. The van der Waals surface area contributed by atoms with E-state index in [0.29, 0.717) is 34.7 Å². The Bertz CT molecular complexity index is 1220. The third-order valence-corrected chi connectivity index (χ3v) is 5.74. The lowest BCUT2D eigenvalue weighted by atomic mass is 10.1. The van der Waals surface area contributed by atoms with Crippen molar-refractivity contribution in [3.63, 3.8) is 0 Å². The van der Waals surface area contributed by atoms with Gasteiger partial charge in [0.1, 0.15) is 6.61 Å². The van der Waals surface area contributed by atoms with Gasteiger partial charge in [0.05, 0.1) is 12.1 Å². The van der Waals surface area contributed by atoms with Crippen molar-refractivity contribution in [2.45, 2.75) is 20.1 Å². The van der Waals surface area contributed by atoms with E-state index in [4.69, 9.17) is 32.7 Å². The molecule has 4 aromatic carbocycles. The maximum Gasteiger partial charge on any atom is 0.180 e. The summed E-state index contributed by atoms with van der Waals surface area (Å²) in [5, 5.41) is 6.96. The molecule has 0 amide bonds. The largest absolute Gasteiger partial charge is 0.493 e. The number of halogens is 2. The van der Waals surface area contributed by atoms with Gasteiger partial charge in [-0.25, -0.2) is 0 Å². The number of hydrogen-bond acceptors (Lipinski definition) is 3. The summed E-state index contributed by atoms with van der Waals surface area (Å²) in [6.07, 6.45) is 0. The molecule has 3 nitrogen and oxygen atoms in total. The van der Waals surface area contributed by atoms with E-state index in [1.807, 2.05) is 55.5 Å². The number of benzene rings is 4. The zero-order valence-corrected chi connectivity index (χ0v) is 18.9. The molecule has 5 heteroatoms. The summed E-state index contributed by atoms with van der Waals surface area (Å²) >= 11 is 12.7. The Hall–Kier alpha value is -2.88. The van der Waals surface area contributed by atoms with Gasteiger partial charge in [0.15, 0.2) is 11.5 Å². The standard InChI is InChI=1S/C26H23Cl2NO2/c1-17-10-11-21(27)14-24(17)29-15-18-12-23(28)26(25(13-18)30-2)31-16-20-8-5-7-19-6-3-4-9-22(19)20/h3-14,29H,15-16H2,1-2H3. The topological polar surface area (TPSA) is 30.5 Å². The van der Waals surface area contributed by atoms with Gasteiger partial charge in [0.2, 0.25) is 0 Å². The van der Waals surface area contributed by atoms with E-state index in [-0.39, 0.29) is 0 Å². The lowest BCUT2D eigenvalue weighted by Crippen LogP contribution is -2.03. The fraction of sp³-hybridized carbons (Fsp3) is 0.154. The molecule has 0 saturated heterocycles.